The Labute approximate surface area is 367 Å². The molecule has 26 heteroatoms. The standard InChI is InChI=1S/2C19H17ClF3N7O2/c2*1-28-15-8-14(19(21,22)23)26-30(15)7-6-13(18(28)32)25-17(31)16-24-10-29(27-16)9-11-4-2-3-5-12(11)20/h2*2-5,8,10,13H,6-7,9H2,1H3,(H,25,31)/t2*13-/m10/s1. The monoisotopic (exact) mass is 934 g/mol. The lowest BCUT2D eigenvalue weighted by molar-refractivity contribution is -0.142. The maximum absolute atomic E-state index is 12.9. The van der Waals surface area contributed by atoms with Gasteiger partial charge in [0.05, 0.1) is 13.1 Å². The lowest BCUT2D eigenvalue weighted by Crippen LogP contribution is -2.47. The van der Waals surface area contributed by atoms with Crippen molar-refractivity contribution in [3.8, 4) is 0 Å². The quantitative estimate of drug-likeness (QED) is 0.202. The van der Waals surface area contributed by atoms with E-state index in [1.54, 1.807) is 24.3 Å². The minimum absolute atomic E-state index is 0.00113. The van der Waals surface area contributed by atoms with Crippen LogP contribution in [-0.4, -0.2) is 98.9 Å². The highest BCUT2D eigenvalue weighted by Gasteiger charge is 2.40. The minimum atomic E-state index is -4.62. The summed E-state index contributed by atoms with van der Waals surface area (Å²) in [6.07, 6.45) is -6.39. The van der Waals surface area contributed by atoms with Crippen molar-refractivity contribution in [3.05, 3.63) is 118 Å². The van der Waals surface area contributed by atoms with Gasteiger partial charge >= 0.3 is 12.4 Å². The summed E-state index contributed by atoms with van der Waals surface area (Å²) in [5.74, 6) is -2.78. The molecule has 0 fully saturated rings. The summed E-state index contributed by atoms with van der Waals surface area (Å²) in [7, 11) is 2.66. The van der Waals surface area contributed by atoms with Gasteiger partial charge in [0.15, 0.2) is 11.4 Å². The fraction of sp³-hybridized carbons (Fsp3) is 0.316. The summed E-state index contributed by atoms with van der Waals surface area (Å²) < 4.78 is 82.7. The van der Waals surface area contributed by atoms with Crippen LogP contribution in [0.15, 0.2) is 73.3 Å². The van der Waals surface area contributed by atoms with Crippen LogP contribution in [0.1, 0.15) is 56.6 Å². The Morgan fingerprint density at radius 2 is 1.02 bits per heavy atom. The molecular formula is C38H34Cl2F6N14O4. The summed E-state index contributed by atoms with van der Waals surface area (Å²) >= 11 is 12.3. The highest BCUT2D eigenvalue weighted by Crippen LogP contribution is 2.33. The van der Waals surface area contributed by atoms with E-state index in [0.29, 0.717) is 23.1 Å². The van der Waals surface area contributed by atoms with E-state index in [9.17, 15) is 45.5 Å². The number of halogens is 8. The van der Waals surface area contributed by atoms with E-state index in [0.717, 1.165) is 42.4 Å². The largest absolute Gasteiger partial charge is 0.435 e. The van der Waals surface area contributed by atoms with Gasteiger partial charge in [0.25, 0.3) is 23.6 Å². The normalized spacial score (nSPS) is 16.6. The predicted octanol–water partition coefficient (Wildman–Crippen LogP) is 4.72. The Kier molecular flexibility index (Phi) is 12.8. The highest BCUT2D eigenvalue weighted by atomic mass is 35.5. The van der Waals surface area contributed by atoms with Gasteiger partial charge < -0.3 is 10.6 Å². The van der Waals surface area contributed by atoms with Crippen LogP contribution < -0.4 is 20.4 Å². The first-order chi connectivity index (χ1) is 30.3. The molecule has 0 saturated heterocycles. The number of nitrogens with zero attached hydrogens (tertiary/aromatic N) is 12. The summed E-state index contributed by atoms with van der Waals surface area (Å²) in [5.41, 5.74) is -0.579. The van der Waals surface area contributed by atoms with E-state index in [1.807, 2.05) is 24.3 Å². The summed E-state index contributed by atoms with van der Waals surface area (Å²) in [5, 5.41) is 21.5. The number of anilines is 2. The average molecular weight is 936 g/mol. The Morgan fingerprint density at radius 3 is 1.38 bits per heavy atom. The average Bonchev–Trinajstić information content (AvgIpc) is 4.07. The van der Waals surface area contributed by atoms with Crippen molar-refractivity contribution in [2.24, 2.45) is 0 Å². The highest BCUT2D eigenvalue weighted by molar-refractivity contribution is 6.31. The van der Waals surface area contributed by atoms with Gasteiger partial charge in [-0.05, 0) is 36.1 Å². The Balaban J connectivity index is 0.000000191. The zero-order valence-electron chi connectivity index (χ0n) is 33.3. The van der Waals surface area contributed by atoms with Gasteiger partial charge in [-0.2, -0.15) is 36.5 Å². The van der Waals surface area contributed by atoms with Crippen LogP contribution in [0.3, 0.4) is 0 Å². The topological polar surface area (TPSA) is 196 Å². The molecule has 64 heavy (non-hydrogen) atoms. The molecule has 0 bridgehead atoms. The van der Waals surface area contributed by atoms with Crippen LogP contribution in [0.4, 0.5) is 38.0 Å². The number of aryl methyl sites for hydroxylation is 2. The molecule has 18 nitrogen and oxygen atoms in total. The number of rotatable bonds is 8. The number of carbonyl (C=O) groups is 4. The van der Waals surface area contributed by atoms with E-state index in [4.69, 9.17) is 23.2 Å². The number of amides is 4. The molecule has 0 radical (unpaired) electrons. The van der Waals surface area contributed by atoms with E-state index in [-0.39, 0.29) is 49.2 Å². The molecule has 0 unspecified atom stereocenters. The first-order valence-electron chi connectivity index (χ1n) is 19.0. The van der Waals surface area contributed by atoms with Gasteiger partial charge in [-0.1, -0.05) is 59.6 Å². The molecule has 6 heterocycles. The Morgan fingerprint density at radius 1 is 0.641 bits per heavy atom. The number of nitrogens with one attached hydrogen (secondary N) is 2. The molecule has 2 N–H and O–H groups in total. The number of likely N-dealkylation sites (N-methyl/N-ethyl adjacent to an activating group) is 2. The van der Waals surface area contributed by atoms with Crippen molar-refractivity contribution in [2.75, 3.05) is 23.9 Å². The fourth-order valence-corrected chi connectivity index (χ4v) is 7.06. The molecule has 2 aromatic carbocycles. The van der Waals surface area contributed by atoms with Crippen LogP contribution in [0.2, 0.25) is 10.0 Å². The van der Waals surface area contributed by atoms with Gasteiger partial charge in [-0.3, -0.25) is 29.0 Å². The molecule has 8 rings (SSSR count). The molecule has 2 atom stereocenters. The molecular weight excluding hydrogens is 901 g/mol. The van der Waals surface area contributed by atoms with Crippen LogP contribution in [0.25, 0.3) is 0 Å². The molecule has 2 aliphatic rings. The Hall–Kier alpha value is -6.82. The number of benzene rings is 2. The number of carbonyl (C=O) groups excluding carboxylic acids is 4. The van der Waals surface area contributed by atoms with Crippen molar-refractivity contribution in [2.45, 2.75) is 63.5 Å². The van der Waals surface area contributed by atoms with Crippen molar-refractivity contribution < 1.29 is 45.5 Å². The number of hydrogen-bond donors (Lipinski definition) is 2. The van der Waals surface area contributed by atoms with Gasteiger partial charge in [0, 0.05) is 49.4 Å². The van der Waals surface area contributed by atoms with Gasteiger partial charge in [0.1, 0.15) is 36.4 Å². The summed E-state index contributed by atoms with van der Waals surface area (Å²) in [6.45, 7) is 0.628. The lowest BCUT2D eigenvalue weighted by atomic mass is 10.2. The van der Waals surface area contributed by atoms with Crippen molar-refractivity contribution in [3.63, 3.8) is 0 Å². The van der Waals surface area contributed by atoms with Crippen LogP contribution in [0, 0.1) is 0 Å². The minimum Gasteiger partial charge on any atom is -0.337 e. The van der Waals surface area contributed by atoms with Crippen LogP contribution in [0.5, 0.6) is 0 Å². The third-order valence-electron chi connectivity index (χ3n) is 9.97. The van der Waals surface area contributed by atoms with E-state index < -0.39 is 59.5 Å². The van der Waals surface area contributed by atoms with Gasteiger partial charge in [-0.15, -0.1) is 10.2 Å². The van der Waals surface area contributed by atoms with E-state index in [2.05, 4.69) is 41.0 Å². The molecule has 6 aromatic rings. The SMILES string of the molecule is CN1C(=O)[C@@H](NC(=O)c2ncn(Cc3ccccc3Cl)n2)CCn2nc(C(F)(F)F)cc21.CN1C(=O)[C@H](NC(=O)c2ncn(Cc3ccccc3Cl)n2)CCn2nc(C(F)(F)F)cc21. The fourth-order valence-electron chi connectivity index (χ4n) is 6.67. The third-order valence-corrected chi connectivity index (χ3v) is 10.7. The van der Waals surface area contributed by atoms with Crippen LogP contribution in [-0.2, 0) is 48.1 Å². The first-order valence-corrected chi connectivity index (χ1v) is 19.7. The van der Waals surface area contributed by atoms with E-state index >= 15 is 0 Å². The molecule has 336 valence electrons. The second-order valence-electron chi connectivity index (χ2n) is 14.4. The van der Waals surface area contributed by atoms with Gasteiger partial charge in [-0.25, -0.2) is 28.7 Å². The number of alkyl halides is 6. The maximum atomic E-state index is 12.9. The summed E-state index contributed by atoms with van der Waals surface area (Å²) in [4.78, 5) is 60.7. The second kappa shape index (κ2) is 18.1. The summed E-state index contributed by atoms with van der Waals surface area (Å²) in [6, 6.07) is 14.0. The third kappa shape index (κ3) is 10.0. The predicted molar refractivity (Wildman–Crippen MR) is 214 cm³/mol. The molecule has 4 aromatic heterocycles. The first kappa shape index (κ1) is 45.2. The number of hydrogen-bond acceptors (Lipinski definition) is 10. The van der Waals surface area contributed by atoms with Crippen LogP contribution >= 0.6 is 23.2 Å². The zero-order chi connectivity index (χ0) is 46.1. The molecule has 2 aliphatic heterocycles. The lowest BCUT2D eigenvalue weighted by Gasteiger charge is -2.19. The maximum Gasteiger partial charge on any atom is 0.435 e. The number of aromatic nitrogens is 10. The molecule has 0 spiro atoms. The van der Waals surface area contributed by atoms with Gasteiger partial charge in [0.2, 0.25) is 11.6 Å². The zero-order valence-corrected chi connectivity index (χ0v) is 34.9. The van der Waals surface area contributed by atoms with E-state index in [1.165, 1.54) is 36.1 Å². The molecule has 0 aliphatic carbocycles. The van der Waals surface area contributed by atoms with Crippen molar-refractivity contribution in [1.29, 1.82) is 0 Å². The smallest absolute Gasteiger partial charge is 0.337 e. The van der Waals surface area contributed by atoms with Crippen molar-refractivity contribution in [1.82, 2.24) is 59.7 Å². The number of fused-ring (bicyclic) bond motifs is 2. The molecule has 4 amide bonds. The van der Waals surface area contributed by atoms with Crippen molar-refractivity contribution >= 4 is 58.5 Å². The Bertz CT molecular complexity index is 2530. The molecule has 0 saturated carbocycles. The second-order valence-corrected chi connectivity index (χ2v) is 15.2.